The Bertz CT molecular complexity index is 750. The van der Waals surface area contributed by atoms with Gasteiger partial charge in [-0.2, -0.15) is 0 Å². The molecule has 1 fully saturated rings. The number of hydrogen-bond acceptors (Lipinski definition) is 3. The van der Waals surface area contributed by atoms with Crippen LogP contribution in [-0.4, -0.2) is 40.5 Å². The van der Waals surface area contributed by atoms with Gasteiger partial charge in [-0.05, 0) is 57.9 Å². The van der Waals surface area contributed by atoms with Gasteiger partial charge in [0, 0.05) is 41.8 Å². The Balaban J connectivity index is 1.69. The number of hydrogen-bond donors (Lipinski definition) is 0. The van der Waals surface area contributed by atoms with E-state index in [1.165, 1.54) is 0 Å². The highest BCUT2D eigenvalue weighted by molar-refractivity contribution is 5.87. The summed E-state index contributed by atoms with van der Waals surface area (Å²) >= 11 is 0. The highest BCUT2D eigenvalue weighted by Crippen LogP contribution is 2.28. The number of benzene rings is 1. The molecule has 0 unspecified atom stereocenters. The van der Waals surface area contributed by atoms with Crippen LogP contribution in [-0.2, 0) is 4.74 Å². The second kappa shape index (κ2) is 6.30. The number of nitrogens with zero attached hydrogens (tertiary/aromatic N) is 2. The lowest BCUT2D eigenvalue weighted by Gasteiger charge is -2.34. The van der Waals surface area contributed by atoms with Crippen molar-refractivity contribution in [2.75, 3.05) is 13.1 Å². The van der Waals surface area contributed by atoms with Crippen molar-refractivity contribution in [3.8, 4) is 0 Å². The molecule has 1 aliphatic rings. The molecule has 128 valence electrons. The van der Waals surface area contributed by atoms with E-state index in [4.69, 9.17) is 4.74 Å². The van der Waals surface area contributed by atoms with E-state index in [0.29, 0.717) is 24.7 Å². The van der Waals surface area contributed by atoms with Gasteiger partial charge in [0.2, 0.25) is 0 Å². The normalized spacial score (nSPS) is 16.4. The summed E-state index contributed by atoms with van der Waals surface area (Å²) < 4.78 is 7.71. The first-order valence-corrected chi connectivity index (χ1v) is 8.41. The zero-order valence-electron chi connectivity index (χ0n) is 14.5. The van der Waals surface area contributed by atoms with Crippen LogP contribution in [0.5, 0.6) is 0 Å². The van der Waals surface area contributed by atoms with Crippen molar-refractivity contribution < 1.29 is 14.3 Å². The number of ether oxygens (including phenoxy) is 1. The van der Waals surface area contributed by atoms with Gasteiger partial charge in [-0.25, -0.2) is 4.79 Å². The number of amides is 1. The number of aldehydes is 1. The van der Waals surface area contributed by atoms with Gasteiger partial charge < -0.3 is 14.2 Å². The third-order valence-electron chi connectivity index (χ3n) is 4.39. The number of carbonyl (C=O) groups is 2. The number of carbonyl (C=O) groups excluding carboxylic acids is 2. The Morgan fingerprint density at radius 3 is 2.54 bits per heavy atom. The summed E-state index contributed by atoms with van der Waals surface area (Å²) in [4.78, 5) is 24.8. The van der Waals surface area contributed by atoms with Gasteiger partial charge in [0.15, 0.2) is 0 Å². The second-order valence-electron chi connectivity index (χ2n) is 7.36. The monoisotopic (exact) mass is 328 g/mol. The fraction of sp³-hybridized carbons (Fsp3) is 0.474. The smallest absolute Gasteiger partial charge is 0.410 e. The molecule has 1 aliphatic heterocycles. The minimum Gasteiger partial charge on any atom is -0.444 e. The van der Waals surface area contributed by atoms with E-state index in [2.05, 4.69) is 10.8 Å². The van der Waals surface area contributed by atoms with Gasteiger partial charge in [0.05, 0.1) is 0 Å². The molecule has 0 aliphatic carbocycles. The quantitative estimate of drug-likeness (QED) is 0.782. The number of fused-ring (bicyclic) bond motifs is 1. The lowest BCUT2D eigenvalue weighted by molar-refractivity contribution is 0.0189. The average molecular weight is 328 g/mol. The molecule has 0 spiro atoms. The van der Waals surface area contributed by atoms with Crippen molar-refractivity contribution in [1.29, 1.82) is 0 Å². The van der Waals surface area contributed by atoms with Crippen LogP contribution >= 0.6 is 0 Å². The molecule has 24 heavy (non-hydrogen) atoms. The predicted octanol–water partition coefficient (Wildman–Crippen LogP) is 4.03. The van der Waals surface area contributed by atoms with Crippen LogP contribution in [0.3, 0.4) is 0 Å². The van der Waals surface area contributed by atoms with Crippen molar-refractivity contribution in [2.45, 2.75) is 45.3 Å². The molecule has 1 aromatic carbocycles. The van der Waals surface area contributed by atoms with E-state index in [1.807, 2.05) is 45.0 Å². The zero-order valence-corrected chi connectivity index (χ0v) is 14.5. The summed E-state index contributed by atoms with van der Waals surface area (Å²) in [6, 6.07) is 8.17. The third kappa shape index (κ3) is 3.45. The molecule has 0 bridgehead atoms. The van der Waals surface area contributed by atoms with Crippen LogP contribution in [0.2, 0.25) is 0 Å². The van der Waals surface area contributed by atoms with Crippen molar-refractivity contribution in [1.82, 2.24) is 9.47 Å². The molecule has 3 rings (SSSR count). The summed E-state index contributed by atoms with van der Waals surface area (Å²) in [7, 11) is 0. The molecule has 5 heteroatoms. The van der Waals surface area contributed by atoms with Crippen molar-refractivity contribution in [2.24, 2.45) is 0 Å². The Hall–Kier alpha value is -2.30. The van der Waals surface area contributed by atoms with Gasteiger partial charge in [-0.3, -0.25) is 4.79 Å². The third-order valence-corrected chi connectivity index (χ3v) is 4.39. The Labute approximate surface area is 142 Å². The summed E-state index contributed by atoms with van der Waals surface area (Å²) in [5.74, 6) is 0. The van der Waals surface area contributed by atoms with Gasteiger partial charge in [0.25, 0.3) is 0 Å². The second-order valence-corrected chi connectivity index (χ2v) is 7.36. The highest BCUT2D eigenvalue weighted by Gasteiger charge is 2.27. The molecule has 0 N–H and O–H groups in total. The lowest BCUT2D eigenvalue weighted by Crippen LogP contribution is -2.42. The van der Waals surface area contributed by atoms with Crippen molar-refractivity contribution >= 4 is 23.3 Å². The van der Waals surface area contributed by atoms with E-state index >= 15 is 0 Å². The first-order chi connectivity index (χ1) is 11.4. The zero-order chi connectivity index (χ0) is 17.3. The number of piperidine rings is 1. The van der Waals surface area contributed by atoms with E-state index in [0.717, 1.165) is 30.0 Å². The number of aromatic nitrogens is 1. The summed E-state index contributed by atoms with van der Waals surface area (Å²) in [6.07, 6.45) is 4.52. The topological polar surface area (TPSA) is 51.5 Å². The maximum atomic E-state index is 12.2. The molecule has 2 aromatic rings. The predicted molar refractivity (Wildman–Crippen MR) is 93.4 cm³/mol. The fourth-order valence-corrected chi connectivity index (χ4v) is 3.23. The maximum absolute atomic E-state index is 12.2. The van der Waals surface area contributed by atoms with Gasteiger partial charge in [-0.15, -0.1) is 0 Å². The number of rotatable bonds is 2. The molecule has 0 radical (unpaired) electrons. The lowest BCUT2D eigenvalue weighted by atomic mass is 10.0. The molecule has 5 nitrogen and oxygen atoms in total. The van der Waals surface area contributed by atoms with E-state index in [1.54, 1.807) is 4.90 Å². The summed E-state index contributed by atoms with van der Waals surface area (Å²) in [6.45, 7) is 7.06. The minimum absolute atomic E-state index is 0.228. The molecule has 0 saturated carbocycles. The Morgan fingerprint density at radius 1 is 1.21 bits per heavy atom. The summed E-state index contributed by atoms with van der Waals surface area (Å²) in [5.41, 5.74) is 1.37. The van der Waals surface area contributed by atoms with E-state index in [-0.39, 0.29) is 6.09 Å². The molecule has 1 aromatic heterocycles. The first kappa shape index (κ1) is 16.6. The molecular formula is C19H24N2O3. The van der Waals surface area contributed by atoms with Crippen LogP contribution in [0.15, 0.2) is 30.5 Å². The summed E-state index contributed by atoms with van der Waals surface area (Å²) in [5, 5.41) is 1.08. The van der Waals surface area contributed by atoms with Crippen molar-refractivity contribution in [3.63, 3.8) is 0 Å². The molecule has 0 atom stereocenters. The maximum Gasteiger partial charge on any atom is 0.410 e. The number of likely N-dealkylation sites (tertiary alicyclic amines) is 1. The largest absolute Gasteiger partial charge is 0.444 e. The molecular weight excluding hydrogens is 304 g/mol. The van der Waals surface area contributed by atoms with Crippen LogP contribution in [0.1, 0.15) is 50.0 Å². The Kier molecular flexibility index (Phi) is 4.35. The van der Waals surface area contributed by atoms with Gasteiger partial charge >= 0.3 is 6.09 Å². The standard InChI is InChI=1S/C19H24N2O3/c1-19(2,3)24-18(23)20-9-7-16(8-10-20)21-11-6-15-12-14(13-22)4-5-17(15)21/h4-6,11-13,16H,7-10H2,1-3H3. The van der Waals surface area contributed by atoms with Gasteiger partial charge in [0.1, 0.15) is 11.9 Å². The Morgan fingerprint density at radius 2 is 1.92 bits per heavy atom. The SMILES string of the molecule is CC(C)(C)OC(=O)N1CCC(n2ccc3cc(C=O)ccc32)CC1. The van der Waals surface area contributed by atoms with Crippen LogP contribution < -0.4 is 0 Å². The van der Waals surface area contributed by atoms with Crippen LogP contribution in [0.4, 0.5) is 4.79 Å². The van der Waals surface area contributed by atoms with Crippen LogP contribution in [0, 0.1) is 0 Å². The first-order valence-electron chi connectivity index (χ1n) is 8.41. The molecule has 1 saturated heterocycles. The van der Waals surface area contributed by atoms with E-state index in [9.17, 15) is 9.59 Å². The molecule has 1 amide bonds. The fourth-order valence-electron chi connectivity index (χ4n) is 3.23. The average Bonchev–Trinajstić information content (AvgIpc) is 2.96. The minimum atomic E-state index is -0.457. The molecule has 2 heterocycles. The van der Waals surface area contributed by atoms with Crippen LogP contribution in [0.25, 0.3) is 10.9 Å². The van der Waals surface area contributed by atoms with E-state index < -0.39 is 5.60 Å². The van der Waals surface area contributed by atoms with Crippen molar-refractivity contribution in [3.05, 3.63) is 36.0 Å². The van der Waals surface area contributed by atoms with Gasteiger partial charge in [-0.1, -0.05) is 0 Å². The highest BCUT2D eigenvalue weighted by atomic mass is 16.6.